The number of nitrogens with zero attached hydrogens (tertiary/aromatic N) is 2. The van der Waals surface area contributed by atoms with Crippen LogP contribution in [0.15, 0.2) is 35.3 Å². The molecule has 28 heteroatoms. The molecule has 0 bridgehead atoms. The number of aliphatic carboxylic acids is 2. The van der Waals surface area contributed by atoms with Crippen molar-refractivity contribution in [2.24, 2.45) is 33.8 Å². The number of carboxylic acids is 2. The summed E-state index contributed by atoms with van der Waals surface area (Å²) in [7, 11) is 0. The molecule has 420 valence electrons. The van der Waals surface area contributed by atoms with Crippen molar-refractivity contribution in [2.45, 2.75) is 158 Å². The molecule has 2 rings (SSSR count). The van der Waals surface area contributed by atoms with Gasteiger partial charge in [-0.15, -0.1) is 0 Å². The second kappa shape index (κ2) is 32.3. The molecule has 20 N–H and O–H groups in total. The van der Waals surface area contributed by atoms with Gasteiger partial charge in [-0.1, -0.05) is 44.2 Å². The van der Waals surface area contributed by atoms with E-state index in [0.29, 0.717) is 24.8 Å². The van der Waals surface area contributed by atoms with E-state index in [2.05, 4.69) is 42.2 Å². The Hall–Kier alpha value is -7.01. The van der Waals surface area contributed by atoms with Crippen LogP contribution >= 0.6 is 0 Å². The Labute approximate surface area is 434 Å². The number of nitrogens with one attached hydrogen (secondary N) is 7. The summed E-state index contributed by atoms with van der Waals surface area (Å²) >= 11 is 0. The fraction of sp³-hybridized carbons (Fsp3) is 0.638. The van der Waals surface area contributed by atoms with Crippen LogP contribution in [0.1, 0.15) is 91.0 Å². The maximum atomic E-state index is 14.5. The van der Waals surface area contributed by atoms with E-state index in [1.807, 2.05) is 0 Å². The van der Waals surface area contributed by atoms with Gasteiger partial charge in [0.2, 0.25) is 47.3 Å². The molecule has 0 radical (unpaired) electrons. The van der Waals surface area contributed by atoms with Crippen LogP contribution in [-0.4, -0.2) is 188 Å². The monoisotopic (exact) mass is 1060 g/mol. The molecule has 1 aromatic rings. The number of aliphatic imine (C=N–C) groups is 1. The average Bonchev–Trinajstić information content (AvgIpc) is 3.85. The van der Waals surface area contributed by atoms with E-state index < -0.39 is 151 Å². The van der Waals surface area contributed by atoms with Gasteiger partial charge in [0.05, 0.1) is 18.8 Å². The number of aliphatic hydroxyl groups is 3. The van der Waals surface area contributed by atoms with E-state index in [-0.39, 0.29) is 57.7 Å². The molecule has 28 nitrogen and oxygen atoms in total. The van der Waals surface area contributed by atoms with Gasteiger partial charge in [-0.25, -0.2) is 4.79 Å². The number of unbranched alkanes of at least 4 members (excludes halogenated alkanes) is 1. The number of guanidine groups is 1. The van der Waals surface area contributed by atoms with Crippen LogP contribution in [0, 0.1) is 5.92 Å². The van der Waals surface area contributed by atoms with E-state index in [1.165, 1.54) is 18.7 Å². The number of carbonyl (C=O) groups excluding carboxylic acids is 8. The molecule has 0 unspecified atom stereocenters. The third-order valence-corrected chi connectivity index (χ3v) is 12.1. The molecule has 75 heavy (non-hydrogen) atoms. The van der Waals surface area contributed by atoms with Crippen molar-refractivity contribution < 1.29 is 73.5 Å². The number of likely N-dealkylation sites (tertiary alicyclic amines) is 1. The first-order valence-corrected chi connectivity index (χ1v) is 24.7. The molecule has 1 aliphatic rings. The van der Waals surface area contributed by atoms with Gasteiger partial charge in [0.25, 0.3) is 0 Å². The summed E-state index contributed by atoms with van der Waals surface area (Å²) in [6, 6.07) is -4.82. The number of amides is 8. The molecule has 0 aromatic heterocycles. The van der Waals surface area contributed by atoms with Gasteiger partial charge in [0.15, 0.2) is 5.96 Å². The van der Waals surface area contributed by atoms with E-state index in [9.17, 15) is 73.5 Å². The number of carbonyl (C=O) groups is 10. The van der Waals surface area contributed by atoms with Gasteiger partial charge in [0.1, 0.15) is 54.4 Å². The van der Waals surface area contributed by atoms with Crippen LogP contribution in [0.4, 0.5) is 0 Å². The number of hydrogen-bond acceptors (Lipinski definition) is 16. The van der Waals surface area contributed by atoms with Crippen molar-refractivity contribution in [1.82, 2.24) is 42.1 Å². The second-order valence-corrected chi connectivity index (χ2v) is 18.6. The molecule has 1 aliphatic heterocycles. The zero-order chi connectivity index (χ0) is 56.5. The third kappa shape index (κ3) is 21.8. The van der Waals surface area contributed by atoms with Gasteiger partial charge in [-0.2, -0.15) is 0 Å². The van der Waals surface area contributed by atoms with Crippen LogP contribution < -0.4 is 60.2 Å². The Kier molecular flexibility index (Phi) is 27.6. The Balaban J connectivity index is 2.44. The Morgan fingerprint density at radius 2 is 1.20 bits per heavy atom. The lowest BCUT2D eigenvalue weighted by atomic mass is 10.00. The largest absolute Gasteiger partial charge is 0.481 e. The molecule has 1 fully saturated rings. The lowest BCUT2D eigenvalue weighted by Gasteiger charge is -2.32. The smallest absolute Gasteiger partial charge is 0.328 e. The summed E-state index contributed by atoms with van der Waals surface area (Å²) < 4.78 is 0. The highest BCUT2D eigenvalue weighted by atomic mass is 16.4. The van der Waals surface area contributed by atoms with Crippen LogP contribution in [-0.2, 0) is 54.4 Å². The number of aliphatic hydroxyl groups excluding tert-OH is 3. The molecule has 0 spiro atoms. The molecule has 1 aromatic carbocycles. The Morgan fingerprint density at radius 3 is 1.75 bits per heavy atom. The van der Waals surface area contributed by atoms with Gasteiger partial charge < -0.3 is 90.6 Å². The first kappa shape index (κ1) is 64.1. The molecule has 8 amide bonds. The molecular formula is C47H77N13O15. The van der Waals surface area contributed by atoms with Crippen molar-refractivity contribution >= 4 is 65.2 Å². The van der Waals surface area contributed by atoms with Gasteiger partial charge in [-0.05, 0) is 83.2 Å². The first-order valence-electron chi connectivity index (χ1n) is 24.7. The van der Waals surface area contributed by atoms with Gasteiger partial charge >= 0.3 is 11.9 Å². The van der Waals surface area contributed by atoms with Crippen molar-refractivity contribution in [3.8, 4) is 0 Å². The fourth-order valence-electron chi connectivity index (χ4n) is 7.78. The highest BCUT2D eigenvalue weighted by Gasteiger charge is 2.41. The summed E-state index contributed by atoms with van der Waals surface area (Å²) in [6.45, 7) is 5.02. The Morgan fingerprint density at radius 1 is 0.667 bits per heavy atom. The van der Waals surface area contributed by atoms with Crippen LogP contribution in [0.3, 0.4) is 0 Å². The summed E-state index contributed by atoms with van der Waals surface area (Å²) in [4.78, 5) is 139. The predicted octanol–water partition coefficient (Wildman–Crippen LogP) is -5.52. The summed E-state index contributed by atoms with van der Waals surface area (Å²) in [6.07, 6.45) is -2.88. The highest BCUT2D eigenvalue weighted by molar-refractivity contribution is 5.98. The minimum Gasteiger partial charge on any atom is -0.481 e. The number of carboxylic acid groups (broad SMARTS) is 2. The summed E-state index contributed by atoms with van der Waals surface area (Å²) in [5, 5.41) is 65.6. The molecule has 1 saturated heterocycles. The molecule has 0 saturated carbocycles. The standard InChI is InChI=1S/C47H77N13O15/c1-24(2)36(58-40(68)29(15-10-20-52-47(50)51)55-44(72)37(26(4)63)59-43(71)35(49)25(3)62)45(73)60-21-11-16-33(60)42(70)54-28(14-8-9-19-48)38(66)56-31(22-27-12-6-5-7-13-27)41(69)53-30(17-18-34(64)65)39(67)57-32(23-61)46(74)75/h5-7,12-13,24-26,28-33,35-37,61-63H,8-11,14-23,48-49H2,1-4H3,(H,53,69)(H,54,70)(H,55,72)(H,56,66)(H,57,67)(H,58,68)(H,59,71)(H,64,65)(H,74,75)(H4,50,51,52)/t25-,26-,28+,29+,30+,31+,32+,33+,35+,36+,37+/m1/s1. The predicted molar refractivity (Wildman–Crippen MR) is 269 cm³/mol. The van der Waals surface area contributed by atoms with Crippen LogP contribution in [0.5, 0.6) is 0 Å². The zero-order valence-electron chi connectivity index (χ0n) is 42.7. The lowest BCUT2D eigenvalue weighted by molar-refractivity contribution is -0.144. The van der Waals surface area contributed by atoms with E-state index in [0.717, 1.165) is 0 Å². The van der Waals surface area contributed by atoms with E-state index in [4.69, 9.17) is 22.9 Å². The summed E-state index contributed by atoms with van der Waals surface area (Å²) in [5.41, 5.74) is 22.9. The zero-order valence-corrected chi connectivity index (χ0v) is 42.7. The molecule has 0 aliphatic carbocycles. The highest BCUT2D eigenvalue weighted by Crippen LogP contribution is 2.22. The van der Waals surface area contributed by atoms with Gasteiger partial charge in [-0.3, -0.25) is 48.1 Å². The second-order valence-electron chi connectivity index (χ2n) is 18.6. The quantitative estimate of drug-likeness (QED) is 0.0177. The Bertz CT molecular complexity index is 2130. The lowest BCUT2D eigenvalue weighted by Crippen LogP contribution is -2.62. The van der Waals surface area contributed by atoms with Crippen molar-refractivity contribution in [3.05, 3.63) is 35.9 Å². The normalized spacial score (nSPS) is 17.2. The van der Waals surface area contributed by atoms with E-state index in [1.54, 1.807) is 44.2 Å². The number of benzene rings is 1. The first-order chi connectivity index (χ1) is 35.3. The molecule has 1 heterocycles. The third-order valence-electron chi connectivity index (χ3n) is 12.1. The number of rotatable bonds is 33. The van der Waals surface area contributed by atoms with Crippen molar-refractivity contribution in [1.29, 1.82) is 0 Å². The maximum Gasteiger partial charge on any atom is 0.328 e. The van der Waals surface area contributed by atoms with Crippen molar-refractivity contribution in [3.63, 3.8) is 0 Å². The summed E-state index contributed by atoms with van der Waals surface area (Å²) in [5.74, 6) is -11.0. The minimum atomic E-state index is -1.78. The maximum absolute atomic E-state index is 14.5. The SMILES string of the molecule is CC(C)[C@H](NC(=O)[C@H](CCCN=C(N)N)NC(=O)[C@@H](NC(=O)[C@@H](N)[C@@H](C)O)[C@@H](C)O)C(=O)N1CCC[C@H]1C(=O)N[C@@H](CCCCN)C(=O)N[C@@H](Cc1ccccc1)C(=O)N[C@@H](CCC(=O)O)C(=O)N[C@@H](CO)C(=O)O. The average molecular weight is 1060 g/mol. The molecule has 11 atom stereocenters. The van der Waals surface area contributed by atoms with E-state index >= 15 is 0 Å². The van der Waals surface area contributed by atoms with Gasteiger partial charge in [0, 0.05) is 25.9 Å². The number of hydrogen-bond donors (Lipinski definition) is 16. The minimum absolute atomic E-state index is 0.00439. The van der Waals surface area contributed by atoms with Crippen molar-refractivity contribution in [2.75, 3.05) is 26.2 Å². The fourth-order valence-corrected chi connectivity index (χ4v) is 7.78. The van der Waals surface area contributed by atoms with Crippen LogP contribution in [0.2, 0.25) is 0 Å². The number of nitrogens with two attached hydrogens (primary N) is 4. The molecular weight excluding hydrogens is 987 g/mol. The topological polar surface area (TPSA) is 476 Å². The van der Waals surface area contributed by atoms with Crippen LogP contribution in [0.25, 0.3) is 0 Å².